The molecular formula is C23H29F2IN2O2. The van der Waals surface area contributed by atoms with Crippen LogP contribution in [0.4, 0.5) is 8.78 Å². The van der Waals surface area contributed by atoms with Crippen molar-refractivity contribution in [2.24, 2.45) is 5.92 Å². The molecular weight excluding hydrogens is 501 g/mol. The van der Waals surface area contributed by atoms with Gasteiger partial charge < -0.3 is 15.7 Å². The Bertz CT molecular complexity index is 812. The second-order valence-corrected chi connectivity index (χ2v) is 9.16. The fourth-order valence-corrected chi connectivity index (χ4v) is 3.73. The third-order valence-corrected chi connectivity index (χ3v) is 5.38. The first-order chi connectivity index (χ1) is 14.2. The van der Waals surface area contributed by atoms with Gasteiger partial charge in [-0.2, -0.15) is 0 Å². The largest absolute Gasteiger partial charge is 0.390 e. The molecule has 164 valence electrons. The van der Waals surface area contributed by atoms with Crippen molar-refractivity contribution in [2.75, 3.05) is 6.54 Å². The topological polar surface area (TPSA) is 61.4 Å². The van der Waals surface area contributed by atoms with Crippen LogP contribution >= 0.6 is 22.6 Å². The Kier molecular flexibility index (Phi) is 10.1. The van der Waals surface area contributed by atoms with Gasteiger partial charge in [0, 0.05) is 29.1 Å². The Morgan fingerprint density at radius 3 is 2.43 bits per heavy atom. The van der Waals surface area contributed by atoms with E-state index in [1.165, 1.54) is 12.1 Å². The fourth-order valence-electron chi connectivity index (χ4n) is 3.12. The fraction of sp³-hybridized carbons (Fsp3) is 0.435. The molecule has 4 nitrogen and oxygen atoms in total. The molecule has 0 aliphatic heterocycles. The molecule has 2 rings (SSSR count). The van der Waals surface area contributed by atoms with E-state index >= 15 is 0 Å². The summed E-state index contributed by atoms with van der Waals surface area (Å²) >= 11 is 2.24. The van der Waals surface area contributed by atoms with E-state index in [4.69, 9.17) is 0 Å². The number of halogens is 3. The molecule has 2 aromatic carbocycles. The summed E-state index contributed by atoms with van der Waals surface area (Å²) in [5, 5.41) is 16.7. The summed E-state index contributed by atoms with van der Waals surface area (Å²) in [4.78, 5) is 12.3. The van der Waals surface area contributed by atoms with Gasteiger partial charge in [-0.3, -0.25) is 4.79 Å². The van der Waals surface area contributed by atoms with Gasteiger partial charge in [0.15, 0.2) is 0 Å². The average Bonchev–Trinajstić information content (AvgIpc) is 2.65. The number of aliphatic hydroxyl groups excluding tert-OH is 1. The van der Waals surface area contributed by atoms with Crippen molar-refractivity contribution in [3.8, 4) is 0 Å². The van der Waals surface area contributed by atoms with Crippen LogP contribution in [0, 0.1) is 21.1 Å². The van der Waals surface area contributed by atoms with Crippen LogP contribution in [0.25, 0.3) is 0 Å². The number of carbonyl (C=O) groups excluding carboxylic acids is 1. The standard InChI is InChI=1S/C23H29F2IN2O2/c1-15(2)6-7-23(30)28-21(11-17-8-18(24)12-19(25)9-17)22(29)14-27-13-16-4-3-5-20(26)10-16/h3-5,8-10,12,15,21-22,27,29H,6-7,11,13-14H2,1-2H3,(H,28,30)/t21-,22+/m0/s1. The Balaban J connectivity index is 2.01. The molecule has 0 spiro atoms. The normalized spacial score (nSPS) is 13.3. The Morgan fingerprint density at radius 1 is 1.10 bits per heavy atom. The van der Waals surface area contributed by atoms with Crippen molar-refractivity contribution in [2.45, 2.75) is 51.8 Å². The van der Waals surface area contributed by atoms with Gasteiger partial charge in [0.2, 0.25) is 5.91 Å². The van der Waals surface area contributed by atoms with Crippen molar-refractivity contribution >= 4 is 28.5 Å². The van der Waals surface area contributed by atoms with Crippen LogP contribution in [0.15, 0.2) is 42.5 Å². The SMILES string of the molecule is CC(C)CCC(=O)N[C@@H](Cc1cc(F)cc(F)c1)[C@H](O)CNCc1cccc(I)c1. The minimum absolute atomic E-state index is 0.133. The van der Waals surface area contributed by atoms with E-state index in [1.807, 2.05) is 38.1 Å². The third kappa shape index (κ3) is 9.06. The zero-order chi connectivity index (χ0) is 22.1. The van der Waals surface area contributed by atoms with E-state index in [-0.39, 0.29) is 18.9 Å². The van der Waals surface area contributed by atoms with E-state index in [1.54, 1.807) is 0 Å². The van der Waals surface area contributed by atoms with Gasteiger partial charge in [-0.05, 0) is 76.7 Å². The molecule has 0 aliphatic carbocycles. The second kappa shape index (κ2) is 12.3. The maximum atomic E-state index is 13.6. The molecule has 2 aromatic rings. The van der Waals surface area contributed by atoms with Crippen molar-refractivity contribution in [1.82, 2.24) is 10.6 Å². The molecule has 0 heterocycles. The quantitative estimate of drug-likeness (QED) is 0.382. The van der Waals surface area contributed by atoms with E-state index < -0.39 is 23.8 Å². The highest BCUT2D eigenvalue weighted by Crippen LogP contribution is 2.13. The number of hydrogen-bond donors (Lipinski definition) is 3. The van der Waals surface area contributed by atoms with Crippen molar-refractivity contribution in [3.05, 3.63) is 68.8 Å². The van der Waals surface area contributed by atoms with Crippen LogP contribution in [0.2, 0.25) is 0 Å². The molecule has 3 N–H and O–H groups in total. The summed E-state index contributed by atoms with van der Waals surface area (Å²) in [5.74, 6) is -1.16. The zero-order valence-electron chi connectivity index (χ0n) is 17.3. The second-order valence-electron chi connectivity index (χ2n) is 7.92. The Labute approximate surface area is 190 Å². The van der Waals surface area contributed by atoms with E-state index in [0.717, 1.165) is 21.6 Å². The van der Waals surface area contributed by atoms with Gasteiger partial charge >= 0.3 is 0 Å². The average molecular weight is 530 g/mol. The van der Waals surface area contributed by atoms with Crippen molar-refractivity contribution in [3.63, 3.8) is 0 Å². The van der Waals surface area contributed by atoms with Crippen molar-refractivity contribution in [1.29, 1.82) is 0 Å². The smallest absolute Gasteiger partial charge is 0.220 e. The summed E-state index contributed by atoms with van der Waals surface area (Å²) in [6.45, 7) is 4.86. The molecule has 0 saturated heterocycles. The molecule has 0 aromatic heterocycles. The van der Waals surface area contributed by atoms with E-state index in [2.05, 4.69) is 33.2 Å². The van der Waals surface area contributed by atoms with E-state index in [9.17, 15) is 18.7 Å². The van der Waals surface area contributed by atoms with Crippen molar-refractivity contribution < 1.29 is 18.7 Å². The molecule has 1 amide bonds. The molecule has 0 aliphatic rings. The summed E-state index contributed by atoms with van der Waals surface area (Å²) in [6.07, 6.45) is 0.290. The number of aliphatic hydroxyl groups is 1. The molecule has 0 radical (unpaired) electrons. The number of benzene rings is 2. The highest BCUT2D eigenvalue weighted by Gasteiger charge is 2.22. The summed E-state index contributed by atoms with van der Waals surface area (Å²) < 4.78 is 28.3. The number of nitrogens with one attached hydrogen (secondary N) is 2. The lowest BCUT2D eigenvalue weighted by molar-refractivity contribution is -0.122. The van der Waals surface area contributed by atoms with Gasteiger partial charge in [-0.1, -0.05) is 26.0 Å². The van der Waals surface area contributed by atoms with Crippen LogP contribution in [0.5, 0.6) is 0 Å². The van der Waals surface area contributed by atoms with Crippen LogP contribution < -0.4 is 10.6 Å². The van der Waals surface area contributed by atoms with Crippen LogP contribution in [-0.2, 0) is 17.8 Å². The predicted octanol–water partition coefficient (Wildman–Crippen LogP) is 4.18. The predicted molar refractivity (Wildman–Crippen MR) is 123 cm³/mol. The number of rotatable bonds is 11. The lowest BCUT2D eigenvalue weighted by Crippen LogP contribution is -2.48. The first-order valence-electron chi connectivity index (χ1n) is 10.1. The van der Waals surface area contributed by atoms with E-state index in [0.29, 0.717) is 24.4 Å². The molecule has 30 heavy (non-hydrogen) atoms. The maximum Gasteiger partial charge on any atom is 0.220 e. The molecule has 0 unspecified atom stereocenters. The molecule has 7 heteroatoms. The Hall–Kier alpha value is -1.58. The van der Waals surface area contributed by atoms with Crippen LogP contribution in [0.3, 0.4) is 0 Å². The van der Waals surface area contributed by atoms with Gasteiger partial charge in [0.05, 0.1) is 12.1 Å². The molecule has 0 saturated carbocycles. The molecule has 2 atom stereocenters. The van der Waals surface area contributed by atoms with Gasteiger partial charge in [-0.25, -0.2) is 8.78 Å². The minimum Gasteiger partial charge on any atom is -0.390 e. The summed E-state index contributed by atoms with van der Waals surface area (Å²) in [6, 6.07) is 10.6. The van der Waals surface area contributed by atoms with Gasteiger partial charge in [0.25, 0.3) is 0 Å². The van der Waals surface area contributed by atoms with Crippen LogP contribution in [-0.4, -0.2) is 29.7 Å². The minimum atomic E-state index is -0.915. The first kappa shape index (κ1) is 24.7. The lowest BCUT2D eigenvalue weighted by Gasteiger charge is -2.25. The number of amides is 1. The zero-order valence-corrected chi connectivity index (χ0v) is 19.5. The monoisotopic (exact) mass is 530 g/mol. The molecule has 0 bridgehead atoms. The van der Waals surface area contributed by atoms with Gasteiger partial charge in [0.1, 0.15) is 11.6 Å². The summed E-state index contributed by atoms with van der Waals surface area (Å²) in [7, 11) is 0. The lowest BCUT2D eigenvalue weighted by atomic mass is 10.00. The van der Waals surface area contributed by atoms with Gasteiger partial charge in [-0.15, -0.1) is 0 Å². The molecule has 0 fully saturated rings. The Morgan fingerprint density at radius 2 is 1.80 bits per heavy atom. The third-order valence-electron chi connectivity index (χ3n) is 4.71. The number of carbonyl (C=O) groups is 1. The highest BCUT2D eigenvalue weighted by atomic mass is 127. The summed E-state index contributed by atoms with van der Waals surface area (Å²) in [5.41, 5.74) is 1.47. The highest BCUT2D eigenvalue weighted by molar-refractivity contribution is 14.1. The van der Waals surface area contributed by atoms with Crippen LogP contribution in [0.1, 0.15) is 37.8 Å². The first-order valence-corrected chi connectivity index (χ1v) is 11.2. The number of hydrogen-bond acceptors (Lipinski definition) is 3. The maximum absolute atomic E-state index is 13.6.